The van der Waals surface area contributed by atoms with E-state index in [9.17, 15) is 37.5 Å². The molecule has 2 N–H and O–H groups in total. The van der Waals surface area contributed by atoms with Gasteiger partial charge in [-0.05, 0) is 126 Å². The third kappa shape index (κ3) is 14.1. The molecule has 0 aliphatic heterocycles. The Hall–Kier alpha value is -6.35. The summed E-state index contributed by atoms with van der Waals surface area (Å²) < 4.78 is 80.5. The number of anilines is 2. The second kappa shape index (κ2) is 21.1. The number of carbonyl (C=O) groups excluding carboxylic acids is 4. The average Bonchev–Trinajstić information content (AvgIpc) is 4.08. The van der Waals surface area contributed by atoms with Crippen LogP contribution in [0.3, 0.4) is 0 Å². The summed E-state index contributed by atoms with van der Waals surface area (Å²) in [5, 5.41) is 14.4. The summed E-state index contributed by atoms with van der Waals surface area (Å²) in [5.74, 6) is -4.53. The molecular formula is C48H61F2N5O12SSi. The lowest BCUT2D eigenvalue weighted by Gasteiger charge is -2.39. The number of carboxylic acids is 1. The molecule has 4 aromatic rings. The number of rotatable bonds is 17. The van der Waals surface area contributed by atoms with Gasteiger partial charge >= 0.3 is 24.2 Å². The summed E-state index contributed by atoms with van der Waals surface area (Å²) in [6, 6.07) is 8.82. The molecule has 4 amide bonds. The number of sulfone groups is 1. The van der Waals surface area contributed by atoms with E-state index < -0.39 is 82.2 Å². The van der Waals surface area contributed by atoms with Crippen LogP contribution in [0, 0.1) is 11.6 Å². The van der Waals surface area contributed by atoms with Gasteiger partial charge in [0, 0.05) is 44.2 Å². The van der Waals surface area contributed by atoms with Crippen LogP contribution in [-0.2, 0) is 46.6 Å². The first-order chi connectivity index (χ1) is 32.0. The van der Waals surface area contributed by atoms with E-state index in [2.05, 4.69) is 29.9 Å². The first kappa shape index (κ1) is 53.6. The highest BCUT2D eigenvalue weighted by Gasteiger charge is 2.44. The molecule has 1 fully saturated rings. The molecule has 69 heavy (non-hydrogen) atoms. The molecule has 0 radical (unpaired) electrons. The molecule has 1 saturated carbocycles. The van der Waals surface area contributed by atoms with E-state index >= 15 is 8.78 Å². The Bertz CT molecular complexity index is 2690. The number of aromatic nitrogens is 1. The van der Waals surface area contributed by atoms with E-state index in [4.69, 9.17) is 18.9 Å². The molecule has 0 saturated heterocycles. The number of fused-ring (bicyclic) bond motifs is 1. The zero-order valence-corrected chi connectivity index (χ0v) is 42.6. The van der Waals surface area contributed by atoms with Crippen LogP contribution in [0.2, 0.25) is 25.7 Å². The number of aliphatic carboxylic acids is 1. The number of hydrazine groups is 1. The third-order valence-electron chi connectivity index (χ3n) is 10.5. The minimum Gasteiger partial charge on any atom is -0.493 e. The molecule has 0 spiro atoms. The van der Waals surface area contributed by atoms with Crippen molar-refractivity contribution in [3.8, 4) is 5.75 Å². The van der Waals surface area contributed by atoms with Crippen molar-refractivity contribution in [2.75, 3.05) is 31.1 Å². The zero-order valence-electron chi connectivity index (χ0n) is 40.8. The van der Waals surface area contributed by atoms with Crippen LogP contribution in [0.15, 0.2) is 65.8 Å². The number of imide groups is 1. The summed E-state index contributed by atoms with van der Waals surface area (Å²) in [7, 11) is -2.60. The first-order valence-electron chi connectivity index (χ1n) is 22.2. The Morgan fingerprint density at radius 2 is 1.51 bits per heavy atom. The number of methoxy groups -OCH3 is 1. The molecule has 1 aliphatic carbocycles. The van der Waals surface area contributed by atoms with E-state index in [0.717, 1.165) is 18.3 Å². The van der Waals surface area contributed by atoms with Gasteiger partial charge in [-0.25, -0.2) is 36.4 Å². The second-order valence-electron chi connectivity index (χ2n) is 20.0. The van der Waals surface area contributed by atoms with Gasteiger partial charge in [0.05, 0.1) is 42.3 Å². The van der Waals surface area contributed by atoms with Gasteiger partial charge in [0.25, 0.3) is 0 Å². The van der Waals surface area contributed by atoms with Crippen LogP contribution < -0.4 is 15.1 Å². The van der Waals surface area contributed by atoms with Crippen LogP contribution in [-0.4, -0.2) is 104 Å². The van der Waals surface area contributed by atoms with Gasteiger partial charge in [-0.15, -0.1) is 5.01 Å². The number of hydrogen-bond donors (Lipinski definition) is 2. The van der Waals surface area contributed by atoms with Gasteiger partial charge in [-0.2, -0.15) is 0 Å². The number of pyridine rings is 1. The lowest BCUT2D eigenvalue weighted by molar-refractivity contribution is -0.139. The van der Waals surface area contributed by atoms with Crippen molar-refractivity contribution in [3.63, 3.8) is 0 Å². The van der Waals surface area contributed by atoms with Crippen LogP contribution in [0.4, 0.5) is 34.5 Å². The molecule has 374 valence electrons. The number of carboxylic acid groups (broad SMARTS) is 1. The van der Waals surface area contributed by atoms with Gasteiger partial charge in [0.2, 0.25) is 5.91 Å². The number of nitrogens with zero attached hydrogens (tertiary/aromatic N) is 4. The normalized spacial score (nSPS) is 13.5. The average molecular weight is 998 g/mol. The summed E-state index contributed by atoms with van der Waals surface area (Å²) in [4.78, 5) is 73.5. The number of amides is 4. The molecule has 1 heterocycles. The van der Waals surface area contributed by atoms with Crippen LogP contribution in [0.5, 0.6) is 5.75 Å². The molecule has 1 atom stereocenters. The van der Waals surface area contributed by atoms with E-state index in [-0.39, 0.29) is 70.1 Å². The van der Waals surface area contributed by atoms with Gasteiger partial charge in [-0.1, -0.05) is 25.7 Å². The van der Waals surface area contributed by atoms with Crippen molar-refractivity contribution in [3.05, 3.63) is 89.2 Å². The molecule has 1 aliphatic rings. The van der Waals surface area contributed by atoms with Gasteiger partial charge in [0.15, 0.2) is 27.4 Å². The molecule has 5 rings (SSSR count). The number of carbonyl (C=O) groups is 5. The van der Waals surface area contributed by atoms with Crippen molar-refractivity contribution < 1.29 is 65.2 Å². The summed E-state index contributed by atoms with van der Waals surface area (Å²) >= 11 is 0. The van der Waals surface area contributed by atoms with Gasteiger partial charge < -0.3 is 34.3 Å². The first-order valence-corrected chi connectivity index (χ1v) is 27.5. The summed E-state index contributed by atoms with van der Waals surface area (Å²) in [6.07, 6.45) is -0.728. The number of ether oxygens (including phenoxy) is 4. The minimum atomic E-state index is -3.75. The largest absolute Gasteiger partial charge is 0.493 e. The highest BCUT2D eigenvalue weighted by Crippen LogP contribution is 2.38. The molecule has 21 heteroatoms. The van der Waals surface area contributed by atoms with E-state index in [1.54, 1.807) is 0 Å². The summed E-state index contributed by atoms with van der Waals surface area (Å²) in [6.45, 7) is 15.6. The SMILES string of the molecule is COc1c(F)cc(C(C(=O)O)N(c2ccc3cncc(F)c3c2)N(C(=O)OC(C)(C)C)C(=O)OC(C)(C)C)cc1CCC(=O)Nc1ccc(S(=O)(=O)C2CC2)c(CN(C)C(=O)OCC[Si](C)(C)C)c1. The third-order valence-corrected chi connectivity index (χ3v) is 14.5. The Morgan fingerprint density at radius 3 is 2.07 bits per heavy atom. The van der Waals surface area contributed by atoms with Gasteiger partial charge in [-0.3, -0.25) is 14.8 Å². The fourth-order valence-electron chi connectivity index (χ4n) is 7.10. The molecule has 3 aromatic carbocycles. The Kier molecular flexibility index (Phi) is 16.4. The summed E-state index contributed by atoms with van der Waals surface area (Å²) in [5.41, 5.74) is -2.59. The number of halogens is 2. The molecule has 1 unspecified atom stereocenters. The minimum absolute atomic E-state index is 0.00592. The maximum absolute atomic E-state index is 16.2. The van der Waals surface area contributed by atoms with E-state index in [1.165, 1.54) is 109 Å². The Balaban J connectivity index is 1.52. The van der Waals surface area contributed by atoms with Gasteiger partial charge in [0.1, 0.15) is 17.0 Å². The lowest BCUT2D eigenvalue weighted by atomic mass is 9.98. The number of benzene rings is 3. The van der Waals surface area contributed by atoms with Crippen molar-refractivity contribution in [1.82, 2.24) is 14.9 Å². The standard InChI is InChI=1S/C48H61F2N5O12SSi/c1-47(2,3)66-45(60)55(46(61)67-48(4,5)6)54(34-15-12-30-26-51-27-38(50)36(30)25-34)41(43(57)58)31-22-29(42(64-8)37(49)24-31)13-19-40(56)52-33-14-18-39(68(62,63)35-16-17-35)32(23-33)28-53(7)44(59)65-20-21-69(9,10)11/h12,14-15,18,22-27,35,41H,13,16-17,19-21,28H2,1-11H3,(H,52,56)(H,57,58). The van der Waals surface area contributed by atoms with E-state index in [1.807, 2.05) is 0 Å². The van der Waals surface area contributed by atoms with Crippen LogP contribution in [0.25, 0.3) is 10.8 Å². The fourth-order valence-corrected chi connectivity index (χ4v) is 9.67. The number of hydrogen-bond acceptors (Lipinski definition) is 13. The van der Waals surface area contributed by atoms with Crippen molar-refractivity contribution >= 4 is 70.2 Å². The highest BCUT2D eigenvalue weighted by atomic mass is 32.2. The smallest absolute Gasteiger partial charge is 0.439 e. The quantitative estimate of drug-likeness (QED) is 0.0573. The predicted octanol–water partition coefficient (Wildman–Crippen LogP) is 9.66. The highest BCUT2D eigenvalue weighted by molar-refractivity contribution is 7.92. The van der Waals surface area contributed by atoms with Crippen LogP contribution in [0.1, 0.15) is 83.5 Å². The van der Waals surface area contributed by atoms with E-state index in [0.29, 0.717) is 28.2 Å². The monoisotopic (exact) mass is 997 g/mol. The van der Waals surface area contributed by atoms with Crippen molar-refractivity contribution in [2.24, 2.45) is 0 Å². The van der Waals surface area contributed by atoms with Crippen molar-refractivity contribution in [1.29, 1.82) is 0 Å². The van der Waals surface area contributed by atoms with Crippen molar-refractivity contribution in [2.45, 2.75) is 127 Å². The van der Waals surface area contributed by atoms with Crippen LogP contribution >= 0.6 is 0 Å². The second-order valence-corrected chi connectivity index (χ2v) is 27.8. The lowest BCUT2D eigenvalue weighted by Crippen LogP contribution is -2.56. The molecule has 0 bridgehead atoms. The predicted molar refractivity (Wildman–Crippen MR) is 256 cm³/mol. The zero-order chi connectivity index (χ0) is 51.4. The Morgan fingerprint density at radius 1 is 0.870 bits per heavy atom. The number of nitrogens with one attached hydrogen (secondary N) is 1. The molecular weight excluding hydrogens is 937 g/mol. The maximum atomic E-state index is 16.2. The molecule has 17 nitrogen and oxygen atoms in total. The topological polar surface area (TPSA) is 211 Å². The fraction of sp³-hybridized carbons (Fsp3) is 0.458. The maximum Gasteiger partial charge on any atom is 0.439 e. The number of aryl methyl sites for hydroxylation is 1. The Labute approximate surface area is 401 Å². The molecule has 1 aromatic heterocycles.